The van der Waals surface area contributed by atoms with Gasteiger partial charge in [0, 0.05) is 13.2 Å². The summed E-state index contributed by atoms with van der Waals surface area (Å²) in [7, 11) is 1.77. The number of aldehydes is 1. The molecule has 13 heavy (non-hydrogen) atoms. The van der Waals surface area contributed by atoms with Crippen LogP contribution >= 0.6 is 0 Å². The molecule has 0 aliphatic heterocycles. The predicted molar refractivity (Wildman–Crippen MR) is 46.7 cm³/mol. The Morgan fingerprint density at radius 1 is 1.62 bits per heavy atom. The van der Waals surface area contributed by atoms with Gasteiger partial charge in [0.25, 0.3) is 5.89 Å². The third-order valence-corrected chi connectivity index (χ3v) is 1.68. The molecule has 0 atom stereocenters. The number of aromatic nitrogens is 2. The molecular formula is C8H7N3O2. The summed E-state index contributed by atoms with van der Waals surface area (Å²) in [4.78, 5) is 18.2. The third kappa shape index (κ3) is 1.14. The molecule has 2 rings (SSSR count). The summed E-state index contributed by atoms with van der Waals surface area (Å²) in [6, 6.07) is 1.76. The number of carbonyl (C=O) groups excluding carboxylic acids is 1. The molecule has 5 nitrogen and oxygen atoms in total. The van der Waals surface area contributed by atoms with Crippen molar-refractivity contribution >= 4 is 23.2 Å². The van der Waals surface area contributed by atoms with Crippen molar-refractivity contribution in [1.29, 1.82) is 0 Å². The fraction of sp³-hybridized carbons (Fsp3) is 0.125. The van der Waals surface area contributed by atoms with E-state index >= 15 is 0 Å². The Morgan fingerprint density at radius 2 is 2.46 bits per heavy atom. The first-order valence-electron chi connectivity index (χ1n) is 3.73. The lowest BCUT2D eigenvalue weighted by molar-refractivity contribution is 0.109. The molecule has 0 aliphatic rings. The second-order valence-corrected chi connectivity index (χ2v) is 2.43. The fourth-order valence-electron chi connectivity index (χ4n) is 1.10. The van der Waals surface area contributed by atoms with Crippen molar-refractivity contribution in [3.05, 3.63) is 18.2 Å². The van der Waals surface area contributed by atoms with Crippen molar-refractivity contribution < 1.29 is 9.21 Å². The average Bonchev–Trinajstić information content (AvgIpc) is 2.59. The topological polar surface area (TPSA) is 68.0 Å². The number of hydrogen-bond donors (Lipinski definition) is 1. The highest BCUT2D eigenvalue weighted by Gasteiger charge is 2.08. The second kappa shape index (κ2) is 2.85. The van der Waals surface area contributed by atoms with Gasteiger partial charge in [-0.25, -0.2) is 9.97 Å². The van der Waals surface area contributed by atoms with E-state index < -0.39 is 0 Å². The maximum Gasteiger partial charge on any atom is 0.262 e. The van der Waals surface area contributed by atoms with Gasteiger partial charge in [-0.1, -0.05) is 0 Å². The Kier molecular flexibility index (Phi) is 1.70. The van der Waals surface area contributed by atoms with Crippen LogP contribution in [-0.2, 0) is 0 Å². The number of carbonyl (C=O) groups is 1. The van der Waals surface area contributed by atoms with Gasteiger partial charge in [0.1, 0.15) is 0 Å². The zero-order chi connectivity index (χ0) is 9.26. The molecular weight excluding hydrogens is 170 g/mol. The van der Waals surface area contributed by atoms with Gasteiger partial charge in [-0.3, -0.25) is 4.79 Å². The van der Waals surface area contributed by atoms with Gasteiger partial charge < -0.3 is 9.73 Å². The van der Waals surface area contributed by atoms with Crippen LogP contribution in [0.2, 0.25) is 0 Å². The molecule has 0 unspecified atom stereocenters. The van der Waals surface area contributed by atoms with E-state index in [0.29, 0.717) is 17.5 Å². The average molecular weight is 177 g/mol. The number of oxazole rings is 1. The summed E-state index contributed by atoms with van der Waals surface area (Å²) in [5, 5.41) is 2.93. The van der Waals surface area contributed by atoms with E-state index in [1.54, 1.807) is 19.3 Å². The number of nitrogens with one attached hydrogen (secondary N) is 1. The monoisotopic (exact) mass is 177 g/mol. The minimum Gasteiger partial charge on any atom is -0.415 e. The summed E-state index contributed by atoms with van der Waals surface area (Å²) in [5.41, 5.74) is 1.74. The summed E-state index contributed by atoms with van der Waals surface area (Å²) < 4.78 is 5.03. The van der Waals surface area contributed by atoms with Crippen LogP contribution in [0.25, 0.3) is 11.2 Å². The molecule has 0 radical (unpaired) electrons. The van der Waals surface area contributed by atoms with Crippen molar-refractivity contribution in [2.75, 3.05) is 12.4 Å². The van der Waals surface area contributed by atoms with Crippen LogP contribution in [-0.4, -0.2) is 23.3 Å². The highest BCUT2D eigenvalue weighted by Crippen LogP contribution is 2.20. The maximum absolute atomic E-state index is 10.4. The van der Waals surface area contributed by atoms with E-state index in [-0.39, 0.29) is 5.89 Å². The van der Waals surface area contributed by atoms with Gasteiger partial charge in [-0.05, 0) is 6.07 Å². The Hall–Kier alpha value is -1.91. The molecule has 2 aromatic rings. The van der Waals surface area contributed by atoms with Crippen LogP contribution in [0.15, 0.2) is 16.7 Å². The smallest absolute Gasteiger partial charge is 0.262 e. The third-order valence-electron chi connectivity index (χ3n) is 1.68. The lowest BCUT2D eigenvalue weighted by Crippen LogP contribution is -1.89. The van der Waals surface area contributed by atoms with E-state index in [4.69, 9.17) is 4.42 Å². The first kappa shape index (κ1) is 7.72. The molecule has 0 saturated carbocycles. The summed E-state index contributed by atoms with van der Waals surface area (Å²) >= 11 is 0. The summed E-state index contributed by atoms with van der Waals surface area (Å²) in [6.45, 7) is 0. The van der Waals surface area contributed by atoms with Crippen molar-refractivity contribution in [2.45, 2.75) is 0 Å². The molecule has 0 fully saturated rings. The minimum atomic E-state index is 0.0465. The lowest BCUT2D eigenvalue weighted by atomic mass is 10.4. The Labute approximate surface area is 73.8 Å². The number of anilines is 1. The molecule has 0 spiro atoms. The quantitative estimate of drug-likeness (QED) is 0.695. The number of hydrogen-bond acceptors (Lipinski definition) is 5. The lowest BCUT2D eigenvalue weighted by Gasteiger charge is -1.96. The molecule has 5 heteroatoms. The second-order valence-electron chi connectivity index (χ2n) is 2.43. The van der Waals surface area contributed by atoms with Crippen LogP contribution in [0, 0.1) is 0 Å². The van der Waals surface area contributed by atoms with Crippen LogP contribution in [0.4, 0.5) is 5.69 Å². The largest absolute Gasteiger partial charge is 0.415 e. The molecule has 0 bridgehead atoms. The predicted octanol–water partition coefficient (Wildman–Crippen LogP) is 1.08. The first-order chi connectivity index (χ1) is 6.35. The van der Waals surface area contributed by atoms with Gasteiger partial charge >= 0.3 is 0 Å². The Morgan fingerprint density at radius 3 is 3.15 bits per heavy atom. The van der Waals surface area contributed by atoms with Crippen molar-refractivity contribution in [2.24, 2.45) is 0 Å². The van der Waals surface area contributed by atoms with E-state index in [9.17, 15) is 4.79 Å². The summed E-state index contributed by atoms with van der Waals surface area (Å²) in [6.07, 6.45) is 2.15. The molecule has 0 aliphatic carbocycles. The van der Waals surface area contributed by atoms with E-state index in [0.717, 1.165) is 5.69 Å². The number of rotatable bonds is 2. The number of pyridine rings is 1. The van der Waals surface area contributed by atoms with E-state index in [1.165, 1.54) is 0 Å². The summed E-state index contributed by atoms with van der Waals surface area (Å²) in [5.74, 6) is 0.0465. The fourth-order valence-corrected chi connectivity index (χ4v) is 1.10. The van der Waals surface area contributed by atoms with Crippen LogP contribution in [0.5, 0.6) is 0 Å². The molecule has 0 aromatic carbocycles. The maximum atomic E-state index is 10.4. The highest BCUT2D eigenvalue weighted by atomic mass is 16.4. The normalized spacial score (nSPS) is 10.2. The molecule has 0 amide bonds. The van der Waals surface area contributed by atoms with Crippen molar-refractivity contribution in [3.63, 3.8) is 0 Å². The standard InChI is InChI=1S/C8H7N3O2/c1-9-5-2-3-10-8-7(5)11-6(4-12)13-8/h2-4H,1H3,(H,9,10). The Bertz CT molecular complexity index is 450. The SMILES string of the molecule is CNc1ccnc2oc(C=O)nc12. The molecule has 1 N–H and O–H groups in total. The molecule has 2 aromatic heterocycles. The number of fused-ring (bicyclic) bond motifs is 1. The van der Waals surface area contributed by atoms with Crippen LogP contribution in [0.3, 0.4) is 0 Å². The van der Waals surface area contributed by atoms with Crippen molar-refractivity contribution in [1.82, 2.24) is 9.97 Å². The zero-order valence-corrected chi connectivity index (χ0v) is 6.94. The molecule has 66 valence electrons. The Balaban J connectivity index is 2.74. The van der Waals surface area contributed by atoms with Gasteiger partial charge in [0.15, 0.2) is 5.52 Å². The van der Waals surface area contributed by atoms with Gasteiger partial charge in [-0.2, -0.15) is 0 Å². The molecule has 2 heterocycles. The van der Waals surface area contributed by atoms with Gasteiger partial charge in [0.05, 0.1) is 5.69 Å². The highest BCUT2D eigenvalue weighted by molar-refractivity contribution is 5.86. The van der Waals surface area contributed by atoms with Gasteiger partial charge in [0.2, 0.25) is 12.0 Å². The van der Waals surface area contributed by atoms with Crippen LogP contribution in [0.1, 0.15) is 10.7 Å². The first-order valence-corrected chi connectivity index (χ1v) is 3.73. The van der Waals surface area contributed by atoms with Crippen LogP contribution < -0.4 is 5.32 Å². The van der Waals surface area contributed by atoms with Gasteiger partial charge in [-0.15, -0.1) is 0 Å². The zero-order valence-electron chi connectivity index (χ0n) is 6.94. The minimum absolute atomic E-state index is 0.0465. The van der Waals surface area contributed by atoms with E-state index in [1.807, 2.05) is 0 Å². The van der Waals surface area contributed by atoms with E-state index in [2.05, 4.69) is 15.3 Å². The number of nitrogens with zero attached hydrogens (tertiary/aromatic N) is 2. The van der Waals surface area contributed by atoms with Crippen molar-refractivity contribution in [3.8, 4) is 0 Å². The molecule has 0 saturated heterocycles.